The van der Waals surface area contributed by atoms with Gasteiger partial charge in [-0.3, -0.25) is 14.8 Å². The van der Waals surface area contributed by atoms with Gasteiger partial charge in [-0.2, -0.15) is 0 Å². The number of methoxy groups -OCH3 is 1. The van der Waals surface area contributed by atoms with Crippen LogP contribution in [0.5, 0.6) is 5.88 Å². The van der Waals surface area contributed by atoms with Crippen molar-refractivity contribution in [2.75, 3.05) is 56.2 Å². The van der Waals surface area contributed by atoms with Crippen LogP contribution in [0.4, 0.5) is 20.6 Å². The second kappa shape index (κ2) is 9.11. The van der Waals surface area contributed by atoms with E-state index in [0.717, 1.165) is 42.9 Å². The highest BCUT2D eigenvalue weighted by molar-refractivity contribution is 9.10. The first-order chi connectivity index (χ1) is 16.0. The summed E-state index contributed by atoms with van der Waals surface area (Å²) in [6.45, 7) is 4.33. The molecule has 8 nitrogen and oxygen atoms in total. The Balaban J connectivity index is 1.21. The molecule has 0 saturated carbocycles. The van der Waals surface area contributed by atoms with Gasteiger partial charge in [0.2, 0.25) is 5.88 Å². The molecule has 1 amide bonds. The summed E-state index contributed by atoms with van der Waals surface area (Å²) in [6.07, 6.45) is 1.10. The van der Waals surface area contributed by atoms with Gasteiger partial charge >= 0.3 is 6.09 Å². The average Bonchev–Trinajstić information content (AvgIpc) is 3.20. The molecule has 2 aliphatic rings. The number of carbonyl (C=O) groups is 1. The predicted molar refractivity (Wildman–Crippen MR) is 126 cm³/mol. The fraction of sp³-hybridized carbons (Fsp3) is 0.348. The number of rotatable bonds is 5. The number of carbonyl (C=O) groups excluding carboxylic acids is 1. The summed E-state index contributed by atoms with van der Waals surface area (Å²) < 4.78 is 25.1. The first-order valence-corrected chi connectivity index (χ1v) is 11.5. The van der Waals surface area contributed by atoms with Crippen molar-refractivity contribution in [3.05, 3.63) is 52.9 Å². The molecule has 33 heavy (non-hydrogen) atoms. The number of nitrogens with zero attached hydrogens (tertiary/aromatic N) is 5. The lowest BCUT2D eigenvalue weighted by atomic mass is 10.2. The highest BCUT2D eigenvalue weighted by atomic mass is 79.9. The Kier molecular flexibility index (Phi) is 6.03. The Morgan fingerprint density at radius 3 is 2.76 bits per heavy atom. The van der Waals surface area contributed by atoms with E-state index in [2.05, 4.69) is 35.7 Å². The molecule has 4 heterocycles. The van der Waals surface area contributed by atoms with Gasteiger partial charge in [0.05, 0.1) is 35.0 Å². The molecule has 2 fully saturated rings. The molecule has 1 atom stereocenters. The van der Waals surface area contributed by atoms with Crippen molar-refractivity contribution in [2.45, 2.75) is 6.10 Å². The van der Waals surface area contributed by atoms with Gasteiger partial charge in [0.1, 0.15) is 17.4 Å². The maximum Gasteiger partial charge on any atom is 0.414 e. The fourth-order valence-electron chi connectivity index (χ4n) is 4.30. The number of amides is 1. The Morgan fingerprint density at radius 2 is 2.00 bits per heavy atom. The molecule has 2 aromatic heterocycles. The van der Waals surface area contributed by atoms with Crippen LogP contribution in [-0.4, -0.2) is 73.4 Å². The maximum absolute atomic E-state index is 13.9. The minimum absolute atomic E-state index is 0.261. The molecule has 1 aromatic carbocycles. The standard InChI is InChI=1S/C23H23BrFN5O3/c1-32-21-5-4-19-22(27-21)20(6-7-26-19)29-10-8-28(9-11-29)13-16-14-30(23(31)33-16)15-2-3-17(24)18(25)12-15/h2-7,12,16H,8-11,13-14H2,1H3/t16-/m1/s1. The summed E-state index contributed by atoms with van der Waals surface area (Å²) in [4.78, 5) is 27.4. The second-order valence-electron chi connectivity index (χ2n) is 8.05. The van der Waals surface area contributed by atoms with Crippen molar-refractivity contribution in [2.24, 2.45) is 0 Å². The van der Waals surface area contributed by atoms with Crippen molar-refractivity contribution < 1.29 is 18.7 Å². The smallest absolute Gasteiger partial charge is 0.414 e. The van der Waals surface area contributed by atoms with Crippen molar-refractivity contribution in [3.63, 3.8) is 0 Å². The van der Waals surface area contributed by atoms with Gasteiger partial charge < -0.3 is 14.4 Å². The van der Waals surface area contributed by atoms with E-state index in [9.17, 15) is 9.18 Å². The number of anilines is 2. The third kappa shape index (κ3) is 4.45. The molecule has 5 rings (SSSR count). The van der Waals surface area contributed by atoms with E-state index in [1.165, 1.54) is 11.0 Å². The number of benzene rings is 1. The highest BCUT2D eigenvalue weighted by Crippen LogP contribution is 2.28. The van der Waals surface area contributed by atoms with Gasteiger partial charge in [-0.25, -0.2) is 14.2 Å². The quantitative estimate of drug-likeness (QED) is 0.513. The van der Waals surface area contributed by atoms with Crippen LogP contribution >= 0.6 is 15.9 Å². The molecule has 0 aliphatic carbocycles. The molecule has 2 aliphatic heterocycles. The van der Waals surface area contributed by atoms with Gasteiger partial charge in [0.15, 0.2) is 0 Å². The number of pyridine rings is 2. The van der Waals surface area contributed by atoms with E-state index in [1.54, 1.807) is 25.4 Å². The van der Waals surface area contributed by atoms with Crippen LogP contribution in [0.3, 0.4) is 0 Å². The number of piperazine rings is 1. The van der Waals surface area contributed by atoms with Crippen molar-refractivity contribution >= 4 is 44.4 Å². The predicted octanol–water partition coefficient (Wildman–Crippen LogP) is 3.69. The molecule has 0 radical (unpaired) electrons. The lowest BCUT2D eigenvalue weighted by molar-refractivity contribution is 0.106. The SMILES string of the molecule is COc1ccc2nccc(N3CCN(C[C@@H]4CN(c5ccc(Br)c(F)c5)C(=O)O4)CC3)c2n1. The zero-order valence-corrected chi connectivity index (χ0v) is 19.7. The van der Waals surface area contributed by atoms with Gasteiger partial charge in [-0.15, -0.1) is 0 Å². The topological polar surface area (TPSA) is 71.0 Å². The number of halogens is 2. The summed E-state index contributed by atoms with van der Waals surface area (Å²) in [6, 6.07) is 10.4. The number of aromatic nitrogens is 2. The number of fused-ring (bicyclic) bond motifs is 1. The largest absolute Gasteiger partial charge is 0.481 e. The number of hydrogen-bond donors (Lipinski definition) is 0. The Hall–Kier alpha value is -2.98. The van der Waals surface area contributed by atoms with E-state index in [4.69, 9.17) is 9.47 Å². The molecular weight excluding hydrogens is 493 g/mol. The Morgan fingerprint density at radius 1 is 1.18 bits per heavy atom. The summed E-state index contributed by atoms with van der Waals surface area (Å²) in [5.74, 6) is 0.157. The van der Waals surface area contributed by atoms with E-state index in [-0.39, 0.29) is 6.10 Å². The minimum Gasteiger partial charge on any atom is -0.481 e. The molecule has 0 N–H and O–H groups in total. The first kappa shape index (κ1) is 21.8. The summed E-state index contributed by atoms with van der Waals surface area (Å²) >= 11 is 3.14. The molecular formula is C23H23BrFN5O3. The lowest BCUT2D eigenvalue weighted by Crippen LogP contribution is -2.49. The summed E-state index contributed by atoms with van der Waals surface area (Å²) in [5.41, 5.74) is 3.19. The number of cyclic esters (lactones) is 1. The van der Waals surface area contributed by atoms with Crippen LogP contribution < -0.4 is 14.5 Å². The summed E-state index contributed by atoms with van der Waals surface area (Å²) in [7, 11) is 1.60. The first-order valence-electron chi connectivity index (χ1n) is 10.7. The van der Waals surface area contributed by atoms with Crippen molar-refractivity contribution in [1.82, 2.24) is 14.9 Å². The normalized spacial score (nSPS) is 19.2. The molecule has 172 valence electrons. The monoisotopic (exact) mass is 515 g/mol. The zero-order valence-electron chi connectivity index (χ0n) is 18.1. The molecule has 0 spiro atoms. The summed E-state index contributed by atoms with van der Waals surface area (Å²) in [5, 5.41) is 0. The van der Waals surface area contributed by atoms with Crippen LogP contribution in [0, 0.1) is 5.82 Å². The molecule has 0 unspecified atom stereocenters. The van der Waals surface area contributed by atoms with Gasteiger partial charge in [0, 0.05) is 45.0 Å². The van der Waals surface area contributed by atoms with Crippen molar-refractivity contribution in [3.8, 4) is 5.88 Å². The van der Waals surface area contributed by atoms with Gasteiger partial charge in [-0.1, -0.05) is 0 Å². The third-order valence-electron chi connectivity index (χ3n) is 6.01. The van der Waals surface area contributed by atoms with Crippen LogP contribution in [0.15, 0.2) is 47.1 Å². The average molecular weight is 516 g/mol. The molecule has 2 saturated heterocycles. The Bertz CT molecular complexity index is 1190. The second-order valence-corrected chi connectivity index (χ2v) is 8.91. The molecule has 3 aromatic rings. The lowest BCUT2D eigenvalue weighted by Gasteiger charge is -2.36. The minimum atomic E-state index is -0.441. The molecule has 0 bridgehead atoms. The van der Waals surface area contributed by atoms with Crippen LogP contribution in [-0.2, 0) is 4.74 Å². The fourth-order valence-corrected chi connectivity index (χ4v) is 4.55. The number of hydrogen-bond acceptors (Lipinski definition) is 7. The van der Waals surface area contributed by atoms with Crippen LogP contribution in [0.2, 0.25) is 0 Å². The van der Waals surface area contributed by atoms with E-state index >= 15 is 0 Å². The van der Waals surface area contributed by atoms with Crippen molar-refractivity contribution in [1.29, 1.82) is 0 Å². The van der Waals surface area contributed by atoms with Crippen LogP contribution in [0.25, 0.3) is 11.0 Å². The van der Waals surface area contributed by atoms with Gasteiger partial charge in [-0.05, 0) is 46.3 Å². The maximum atomic E-state index is 13.9. The Labute approximate surface area is 199 Å². The molecule has 10 heteroatoms. The van der Waals surface area contributed by atoms with E-state index in [0.29, 0.717) is 29.1 Å². The zero-order chi connectivity index (χ0) is 22.9. The highest BCUT2D eigenvalue weighted by Gasteiger charge is 2.34. The van der Waals surface area contributed by atoms with E-state index < -0.39 is 11.9 Å². The van der Waals surface area contributed by atoms with E-state index in [1.807, 2.05) is 18.2 Å². The van der Waals surface area contributed by atoms with Crippen LogP contribution in [0.1, 0.15) is 0 Å². The third-order valence-corrected chi connectivity index (χ3v) is 6.65. The van der Waals surface area contributed by atoms with Gasteiger partial charge in [0.25, 0.3) is 0 Å². The number of ether oxygens (including phenoxy) is 2.